The summed E-state index contributed by atoms with van der Waals surface area (Å²) in [5.74, 6) is -0.412. The SMILES string of the molecule is O=C(NCCn1cnccc1=O)c1c[nH]c(=O)[nH]1. The zero-order valence-electron chi connectivity index (χ0n) is 9.34. The molecule has 0 aromatic carbocycles. The van der Waals surface area contributed by atoms with Crippen molar-refractivity contribution < 1.29 is 4.79 Å². The van der Waals surface area contributed by atoms with Crippen LogP contribution < -0.4 is 16.6 Å². The van der Waals surface area contributed by atoms with Crippen molar-refractivity contribution >= 4 is 5.91 Å². The standard InChI is InChI=1S/C10H11N5O3/c16-8-1-2-11-6-15(8)4-3-12-9(17)7-5-13-10(18)14-7/h1-2,5-6H,3-4H2,(H,12,17)(H2,13,14,18). The molecule has 2 aromatic rings. The fourth-order valence-electron chi connectivity index (χ4n) is 1.39. The van der Waals surface area contributed by atoms with Crippen molar-refractivity contribution in [2.75, 3.05) is 6.54 Å². The Morgan fingerprint density at radius 2 is 2.28 bits per heavy atom. The van der Waals surface area contributed by atoms with E-state index in [9.17, 15) is 14.4 Å². The predicted molar refractivity (Wildman–Crippen MR) is 62.2 cm³/mol. The Balaban J connectivity index is 1.90. The van der Waals surface area contributed by atoms with E-state index >= 15 is 0 Å². The van der Waals surface area contributed by atoms with E-state index in [1.165, 1.54) is 29.4 Å². The van der Waals surface area contributed by atoms with Crippen molar-refractivity contribution in [1.29, 1.82) is 0 Å². The van der Waals surface area contributed by atoms with Crippen LogP contribution in [0.1, 0.15) is 10.5 Å². The Morgan fingerprint density at radius 1 is 1.44 bits per heavy atom. The van der Waals surface area contributed by atoms with Crippen LogP contribution in [0.25, 0.3) is 0 Å². The van der Waals surface area contributed by atoms with Crippen molar-refractivity contribution in [3.8, 4) is 0 Å². The fraction of sp³-hybridized carbons (Fsp3) is 0.200. The number of amides is 1. The van der Waals surface area contributed by atoms with Gasteiger partial charge in [-0.25, -0.2) is 9.78 Å². The zero-order valence-corrected chi connectivity index (χ0v) is 9.34. The maximum Gasteiger partial charge on any atom is 0.323 e. The van der Waals surface area contributed by atoms with Gasteiger partial charge in [-0.1, -0.05) is 0 Å². The van der Waals surface area contributed by atoms with E-state index in [0.29, 0.717) is 6.54 Å². The van der Waals surface area contributed by atoms with Gasteiger partial charge in [0.1, 0.15) is 5.69 Å². The maximum atomic E-state index is 11.5. The van der Waals surface area contributed by atoms with Gasteiger partial charge in [0.2, 0.25) is 0 Å². The lowest BCUT2D eigenvalue weighted by Crippen LogP contribution is -2.31. The highest BCUT2D eigenvalue weighted by molar-refractivity contribution is 5.91. The molecule has 0 spiro atoms. The van der Waals surface area contributed by atoms with Crippen molar-refractivity contribution in [3.05, 3.63) is 51.3 Å². The molecule has 8 nitrogen and oxygen atoms in total. The summed E-state index contributed by atoms with van der Waals surface area (Å²) in [7, 11) is 0. The van der Waals surface area contributed by atoms with Crippen LogP contribution in [0.4, 0.5) is 0 Å². The maximum absolute atomic E-state index is 11.5. The van der Waals surface area contributed by atoms with E-state index in [2.05, 4.69) is 20.3 Å². The number of carbonyl (C=O) groups excluding carboxylic acids is 1. The van der Waals surface area contributed by atoms with Crippen molar-refractivity contribution in [2.45, 2.75) is 6.54 Å². The van der Waals surface area contributed by atoms with Gasteiger partial charge < -0.3 is 15.3 Å². The van der Waals surface area contributed by atoms with Crippen LogP contribution in [-0.2, 0) is 6.54 Å². The molecule has 3 N–H and O–H groups in total. The Labute approximate surface area is 101 Å². The van der Waals surface area contributed by atoms with E-state index in [4.69, 9.17) is 0 Å². The Morgan fingerprint density at radius 3 is 2.94 bits per heavy atom. The molecule has 8 heteroatoms. The first-order valence-electron chi connectivity index (χ1n) is 5.23. The second-order valence-electron chi connectivity index (χ2n) is 3.52. The molecule has 94 valence electrons. The lowest BCUT2D eigenvalue weighted by Gasteiger charge is -2.05. The fourth-order valence-corrected chi connectivity index (χ4v) is 1.39. The van der Waals surface area contributed by atoms with Crippen LogP contribution in [0.15, 0.2) is 34.4 Å². The number of aromatic nitrogens is 4. The van der Waals surface area contributed by atoms with Crippen LogP contribution >= 0.6 is 0 Å². The Kier molecular flexibility index (Phi) is 3.37. The second kappa shape index (κ2) is 5.13. The summed E-state index contributed by atoms with van der Waals surface area (Å²) in [5, 5.41) is 2.57. The number of hydrogen-bond acceptors (Lipinski definition) is 4. The molecule has 2 aromatic heterocycles. The van der Waals surface area contributed by atoms with Crippen LogP contribution in [0.3, 0.4) is 0 Å². The average Bonchev–Trinajstić information content (AvgIpc) is 2.78. The Hall–Kier alpha value is -2.64. The van der Waals surface area contributed by atoms with Gasteiger partial charge in [0.25, 0.3) is 11.5 Å². The van der Waals surface area contributed by atoms with E-state index in [1.54, 1.807) is 0 Å². The molecule has 0 aliphatic carbocycles. The van der Waals surface area contributed by atoms with Gasteiger partial charge in [0, 0.05) is 31.5 Å². The van der Waals surface area contributed by atoms with Crippen molar-refractivity contribution in [3.63, 3.8) is 0 Å². The predicted octanol–water partition coefficient (Wildman–Crippen LogP) is -1.31. The molecule has 0 fully saturated rings. The van der Waals surface area contributed by atoms with E-state index in [-0.39, 0.29) is 17.8 Å². The van der Waals surface area contributed by atoms with E-state index in [0.717, 1.165) is 0 Å². The highest BCUT2D eigenvalue weighted by atomic mass is 16.2. The van der Waals surface area contributed by atoms with Gasteiger partial charge in [-0.2, -0.15) is 0 Å². The Bertz CT molecular complexity index is 654. The van der Waals surface area contributed by atoms with Gasteiger partial charge in [-0.15, -0.1) is 0 Å². The molecular weight excluding hydrogens is 238 g/mol. The summed E-state index contributed by atoms with van der Waals surface area (Å²) in [6, 6.07) is 1.34. The molecule has 2 heterocycles. The first-order valence-corrected chi connectivity index (χ1v) is 5.23. The number of aromatic amines is 2. The summed E-state index contributed by atoms with van der Waals surface area (Å²) in [4.78, 5) is 42.1. The lowest BCUT2D eigenvalue weighted by molar-refractivity contribution is 0.0947. The third-order valence-corrected chi connectivity index (χ3v) is 2.27. The molecule has 0 saturated heterocycles. The van der Waals surface area contributed by atoms with Crippen LogP contribution in [-0.4, -0.2) is 32.0 Å². The van der Waals surface area contributed by atoms with Crippen LogP contribution in [0.5, 0.6) is 0 Å². The van der Waals surface area contributed by atoms with Crippen LogP contribution in [0.2, 0.25) is 0 Å². The number of nitrogens with one attached hydrogen (secondary N) is 3. The monoisotopic (exact) mass is 249 g/mol. The van der Waals surface area contributed by atoms with Gasteiger partial charge in [0.15, 0.2) is 0 Å². The van der Waals surface area contributed by atoms with Crippen LogP contribution in [0, 0.1) is 0 Å². The number of carbonyl (C=O) groups is 1. The van der Waals surface area contributed by atoms with Gasteiger partial charge in [-0.05, 0) is 0 Å². The third-order valence-electron chi connectivity index (χ3n) is 2.27. The van der Waals surface area contributed by atoms with Gasteiger partial charge in [-0.3, -0.25) is 14.2 Å². The number of nitrogens with zero attached hydrogens (tertiary/aromatic N) is 2. The third kappa shape index (κ3) is 2.73. The molecule has 18 heavy (non-hydrogen) atoms. The molecule has 0 saturated carbocycles. The molecule has 0 atom stereocenters. The highest BCUT2D eigenvalue weighted by Crippen LogP contribution is 1.86. The normalized spacial score (nSPS) is 10.2. The van der Waals surface area contributed by atoms with Crippen molar-refractivity contribution in [1.82, 2.24) is 24.8 Å². The second-order valence-corrected chi connectivity index (χ2v) is 3.52. The van der Waals surface area contributed by atoms with Gasteiger partial charge in [0.05, 0.1) is 6.33 Å². The quantitative estimate of drug-likeness (QED) is 0.624. The smallest absolute Gasteiger partial charge is 0.323 e. The first kappa shape index (κ1) is 11.8. The molecule has 0 aliphatic heterocycles. The van der Waals surface area contributed by atoms with Crippen molar-refractivity contribution in [2.24, 2.45) is 0 Å². The minimum atomic E-state index is -0.441. The number of H-pyrrole nitrogens is 2. The molecule has 0 radical (unpaired) electrons. The van der Waals surface area contributed by atoms with Gasteiger partial charge >= 0.3 is 5.69 Å². The molecule has 0 aliphatic rings. The minimum absolute atomic E-state index is 0.151. The summed E-state index contributed by atoms with van der Waals surface area (Å²) < 4.78 is 1.38. The minimum Gasteiger partial charge on any atom is -0.349 e. The average molecular weight is 249 g/mol. The number of rotatable bonds is 4. The molecular formula is C10H11N5O3. The largest absolute Gasteiger partial charge is 0.349 e. The molecule has 1 amide bonds. The molecule has 0 unspecified atom stereocenters. The zero-order chi connectivity index (χ0) is 13.0. The lowest BCUT2D eigenvalue weighted by atomic mass is 10.4. The summed E-state index contributed by atoms with van der Waals surface area (Å²) in [5.41, 5.74) is -0.475. The van der Waals surface area contributed by atoms with E-state index in [1.807, 2.05) is 0 Å². The summed E-state index contributed by atoms with van der Waals surface area (Å²) >= 11 is 0. The topological polar surface area (TPSA) is 113 Å². The molecule has 2 rings (SSSR count). The number of hydrogen-bond donors (Lipinski definition) is 3. The van der Waals surface area contributed by atoms with E-state index < -0.39 is 11.6 Å². The number of imidazole rings is 1. The molecule has 0 bridgehead atoms. The summed E-state index contributed by atoms with van der Waals surface area (Å²) in [6.07, 6.45) is 4.09. The first-order chi connectivity index (χ1) is 8.66. The highest BCUT2D eigenvalue weighted by Gasteiger charge is 2.06. The summed E-state index contributed by atoms with van der Waals surface area (Å²) in [6.45, 7) is 0.574.